The van der Waals surface area contributed by atoms with Crippen LogP contribution in [-0.2, 0) is 6.42 Å². The number of fused-ring (bicyclic) bond motifs is 1. The number of rotatable bonds is 2. The number of ether oxygens (including phenoxy) is 1. The van der Waals surface area contributed by atoms with Gasteiger partial charge in [0.25, 0.3) is 0 Å². The molecular formula is C14H19NO. The van der Waals surface area contributed by atoms with Crippen molar-refractivity contribution in [3.05, 3.63) is 29.8 Å². The molecule has 16 heavy (non-hydrogen) atoms. The van der Waals surface area contributed by atoms with E-state index in [-0.39, 0.29) is 0 Å². The van der Waals surface area contributed by atoms with E-state index in [0.717, 1.165) is 18.7 Å². The monoisotopic (exact) mass is 217 g/mol. The quantitative estimate of drug-likeness (QED) is 0.754. The predicted octanol–water partition coefficient (Wildman–Crippen LogP) is 2.48. The van der Waals surface area contributed by atoms with Gasteiger partial charge in [-0.15, -0.1) is 0 Å². The molecule has 0 unspecified atom stereocenters. The lowest BCUT2D eigenvalue weighted by Crippen LogP contribution is -2.38. The first-order valence-electron chi connectivity index (χ1n) is 6.39. The van der Waals surface area contributed by atoms with Gasteiger partial charge in [-0.1, -0.05) is 24.6 Å². The van der Waals surface area contributed by atoms with Gasteiger partial charge in [-0.3, -0.25) is 4.90 Å². The van der Waals surface area contributed by atoms with Crippen molar-refractivity contribution < 1.29 is 4.74 Å². The summed E-state index contributed by atoms with van der Waals surface area (Å²) in [5, 5.41) is 0. The van der Waals surface area contributed by atoms with Gasteiger partial charge in [0, 0.05) is 13.0 Å². The maximum atomic E-state index is 5.97. The summed E-state index contributed by atoms with van der Waals surface area (Å²) in [6.45, 7) is 3.63. The Kier molecular flexibility index (Phi) is 2.83. The van der Waals surface area contributed by atoms with E-state index in [9.17, 15) is 0 Å². The van der Waals surface area contributed by atoms with Crippen LogP contribution < -0.4 is 4.74 Å². The molecule has 0 amide bonds. The van der Waals surface area contributed by atoms with E-state index in [1.165, 1.54) is 37.9 Å². The molecule has 0 aromatic heterocycles. The van der Waals surface area contributed by atoms with Crippen molar-refractivity contribution in [1.29, 1.82) is 0 Å². The Balaban J connectivity index is 1.59. The van der Waals surface area contributed by atoms with Gasteiger partial charge in [-0.05, 0) is 37.6 Å². The standard InChI is InChI=1S/C14H19NO/c1-4-8-15(9-5-1)11-13-10-12-6-2-3-7-14(12)16-13/h2-3,6-7,13H,1,4-5,8-11H2/t13-/m0/s1. The molecule has 0 bridgehead atoms. The van der Waals surface area contributed by atoms with Crippen LogP contribution in [-0.4, -0.2) is 30.6 Å². The minimum Gasteiger partial charge on any atom is -0.488 e. The molecule has 86 valence electrons. The summed E-state index contributed by atoms with van der Waals surface area (Å²) in [6, 6.07) is 8.44. The highest BCUT2D eigenvalue weighted by molar-refractivity contribution is 5.37. The van der Waals surface area contributed by atoms with Gasteiger partial charge in [-0.25, -0.2) is 0 Å². The van der Waals surface area contributed by atoms with Crippen LogP contribution in [0.15, 0.2) is 24.3 Å². The number of likely N-dealkylation sites (tertiary alicyclic amines) is 1. The van der Waals surface area contributed by atoms with E-state index in [0.29, 0.717) is 6.10 Å². The first-order chi connectivity index (χ1) is 7.92. The van der Waals surface area contributed by atoms with E-state index in [4.69, 9.17) is 4.74 Å². The molecule has 0 N–H and O–H groups in total. The molecular weight excluding hydrogens is 198 g/mol. The molecule has 1 aromatic carbocycles. The number of nitrogens with zero attached hydrogens (tertiary/aromatic N) is 1. The van der Waals surface area contributed by atoms with E-state index in [2.05, 4.69) is 29.2 Å². The molecule has 0 spiro atoms. The van der Waals surface area contributed by atoms with E-state index in [1.807, 2.05) is 0 Å². The van der Waals surface area contributed by atoms with E-state index >= 15 is 0 Å². The topological polar surface area (TPSA) is 12.5 Å². The minimum atomic E-state index is 0.385. The van der Waals surface area contributed by atoms with Crippen LogP contribution in [0.25, 0.3) is 0 Å². The maximum Gasteiger partial charge on any atom is 0.123 e. The second kappa shape index (κ2) is 4.46. The van der Waals surface area contributed by atoms with Gasteiger partial charge in [0.05, 0.1) is 0 Å². The normalized spacial score (nSPS) is 25.1. The second-order valence-electron chi connectivity index (χ2n) is 4.91. The fourth-order valence-electron chi connectivity index (χ4n) is 2.79. The fourth-order valence-corrected chi connectivity index (χ4v) is 2.79. The number of para-hydroxylation sites is 1. The number of hydrogen-bond acceptors (Lipinski definition) is 2. The van der Waals surface area contributed by atoms with Crippen molar-refractivity contribution in [1.82, 2.24) is 4.90 Å². The van der Waals surface area contributed by atoms with Crippen molar-refractivity contribution in [2.24, 2.45) is 0 Å². The Morgan fingerprint density at radius 1 is 1.12 bits per heavy atom. The summed E-state index contributed by atoms with van der Waals surface area (Å²) < 4.78 is 5.97. The number of benzene rings is 1. The summed E-state index contributed by atoms with van der Waals surface area (Å²) in [5.41, 5.74) is 1.38. The number of piperidine rings is 1. The summed E-state index contributed by atoms with van der Waals surface area (Å²) in [7, 11) is 0. The minimum absolute atomic E-state index is 0.385. The second-order valence-corrected chi connectivity index (χ2v) is 4.91. The van der Waals surface area contributed by atoms with Crippen LogP contribution in [0, 0.1) is 0 Å². The number of hydrogen-bond donors (Lipinski definition) is 0. The third-order valence-electron chi connectivity index (χ3n) is 3.62. The lowest BCUT2D eigenvalue weighted by molar-refractivity contribution is 0.134. The lowest BCUT2D eigenvalue weighted by Gasteiger charge is -2.28. The van der Waals surface area contributed by atoms with Crippen LogP contribution in [0.5, 0.6) is 5.75 Å². The SMILES string of the molecule is c1ccc2c(c1)C[C@@H](CN1CCCCC1)O2. The molecule has 3 rings (SSSR count). The van der Waals surface area contributed by atoms with Gasteiger partial charge in [0.15, 0.2) is 0 Å². The van der Waals surface area contributed by atoms with E-state index < -0.39 is 0 Å². The van der Waals surface area contributed by atoms with Crippen LogP contribution in [0.1, 0.15) is 24.8 Å². The molecule has 0 aliphatic carbocycles. The van der Waals surface area contributed by atoms with Crippen LogP contribution in [0.2, 0.25) is 0 Å². The molecule has 0 radical (unpaired) electrons. The van der Waals surface area contributed by atoms with E-state index in [1.54, 1.807) is 0 Å². The summed E-state index contributed by atoms with van der Waals surface area (Å²) in [6.07, 6.45) is 5.60. The Labute approximate surface area is 97.2 Å². The molecule has 2 aliphatic heterocycles. The highest BCUT2D eigenvalue weighted by Gasteiger charge is 2.24. The highest BCUT2D eigenvalue weighted by atomic mass is 16.5. The molecule has 2 nitrogen and oxygen atoms in total. The Morgan fingerprint density at radius 3 is 2.75 bits per heavy atom. The molecule has 1 aromatic rings. The predicted molar refractivity (Wildman–Crippen MR) is 64.9 cm³/mol. The summed E-state index contributed by atoms with van der Waals surface area (Å²) >= 11 is 0. The van der Waals surface area contributed by atoms with Gasteiger partial charge in [-0.2, -0.15) is 0 Å². The van der Waals surface area contributed by atoms with Crippen molar-refractivity contribution >= 4 is 0 Å². The third kappa shape index (κ3) is 2.07. The molecule has 1 saturated heterocycles. The zero-order valence-electron chi connectivity index (χ0n) is 9.69. The first kappa shape index (κ1) is 10.2. The van der Waals surface area contributed by atoms with Gasteiger partial charge in [0.1, 0.15) is 11.9 Å². The summed E-state index contributed by atoms with van der Waals surface area (Å²) in [5.74, 6) is 1.10. The lowest BCUT2D eigenvalue weighted by atomic mass is 10.1. The third-order valence-corrected chi connectivity index (χ3v) is 3.62. The first-order valence-corrected chi connectivity index (χ1v) is 6.39. The molecule has 2 heterocycles. The summed E-state index contributed by atoms with van der Waals surface area (Å²) in [4.78, 5) is 2.56. The average Bonchev–Trinajstić information content (AvgIpc) is 2.72. The highest BCUT2D eigenvalue weighted by Crippen LogP contribution is 2.28. The van der Waals surface area contributed by atoms with Crippen molar-refractivity contribution in [3.8, 4) is 5.75 Å². The fraction of sp³-hybridized carbons (Fsp3) is 0.571. The van der Waals surface area contributed by atoms with Crippen molar-refractivity contribution in [2.75, 3.05) is 19.6 Å². The van der Waals surface area contributed by atoms with Gasteiger partial charge >= 0.3 is 0 Å². The largest absolute Gasteiger partial charge is 0.488 e. The van der Waals surface area contributed by atoms with Crippen molar-refractivity contribution in [3.63, 3.8) is 0 Å². The Bertz CT molecular complexity index is 333. The Hall–Kier alpha value is -1.02. The molecule has 2 heteroatoms. The smallest absolute Gasteiger partial charge is 0.123 e. The molecule has 2 aliphatic rings. The zero-order chi connectivity index (χ0) is 10.8. The van der Waals surface area contributed by atoms with Gasteiger partial charge < -0.3 is 4.74 Å². The van der Waals surface area contributed by atoms with Crippen molar-refractivity contribution in [2.45, 2.75) is 31.8 Å². The average molecular weight is 217 g/mol. The maximum absolute atomic E-state index is 5.97. The molecule has 0 saturated carbocycles. The Morgan fingerprint density at radius 2 is 1.94 bits per heavy atom. The molecule has 1 atom stereocenters. The zero-order valence-corrected chi connectivity index (χ0v) is 9.69. The molecule has 1 fully saturated rings. The van der Waals surface area contributed by atoms with Crippen LogP contribution in [0.3, 0.4) is 0 Å². The van der Waals surface area contributed by atoms with Crippen LogP contribution in [0.4, 0.5) is 0 Å². The van der Waals surface area contributed by atoms with Gasteiger partial charge in [0.2, 0.25) is 0 Å². The van der Waals surface area contributed by atoms with Crippen LogP contribution >= 0.6 is 0 Å².